The Balaban J connectivity index is 2.63. The number of nitrogens with one attached hydrogen (secondary N) is 1. The van der Waals surface area contributed by atoms with E-state index in [9.17, 15) is 14.4 Å². The zero-order valence-electron chi connectivity index (χ0n) is 9.90. The van der Waals surface area contributed by atoms with Crippen LogP contribution in [0.5, 0.6) is 0 Å². The molecule has 1 aliphatic rings. The van der Waals surface area contributed by atoms with Gasteiger partial charge >= 0.3 is 0 Å². The van der Waals surface area contributed by atoms with Gasteiger partial charge in [-0.05, 0) is 0 Å². The first-order valence-corrected chi connectivity index (χ1v) is 5.69. The first-order valence-electron chi connectivity index (χ1n) is 5.69. The first-order chi connectivity index (χ1) is 8.20. The number of Topliss-reactive ketones (excluding diaryl/α,β-unsaturated/α-hetero) is 1. The lowest BCUT2D eigenvalue weighted by Gasteiger charge is -2.30. The van der Waals surface area contributed by atoms with Crippen LogP contribution in [-0.4, -0.2) is 61.8 Å². The van der Waals surface area contributed by atoms with Crippen LogP contribution in [0, 0.1) is 0 Å². The highest BCUT2D eigenvalue weighted by atomic mass is 16.5. The van der Waals surface area contributed by atoms with Crippen LogP contribution >= 0.6 is 0 Å². The van der Waals surface area contributed by atoms with Crippen molar-refractivity contribution in [3.63, 3.8) is 0 Å². The predicted octanol–water partition coefficient (Wildman–Crippen LogP) is -1.11. The lowest BCUT2D eigenvalue weighted by atomic mass is 10.1. The second-order valence-electron chi connectivity index (χ2n) is 3.73. The van der Waals surface area contributed by atoms with Gasteiger partial charge in [-0.3, -0.25) is 14.4 Å². The maximum absolute atomic E-state index is 12.0. The summed E-state index contributed by atoms with van der Waals surface area (Å²) in [5.41, 5.74) is 0. The van der Waals surface area contributed by atoms with Gasteiger partial charge in [0.25, 0.3) is 5.91 Å². The summed E-state index contributed by atoms with van der Waals surface area (Å²) >= 11 is 0. The Morgan fingerprint density at radius 1 is 1.41 bits per heavy atom. The zero-order valence-corrected chi connectivity index (χ0v) is 9.90. The quantitative estimate of drug-likeness (QED) is 0.597. The number of amides is 1. The second-order valence-corrected chi connectivity index (χ2v) is 3.73. The molecule has 1 heterocycles. The molecule has 0 aliphatic carbocycles. The van der Waals surface area contributed by atoms with E-state index in [-0.39, 0.29) is 24.7 Å². The number of rotatable bonds is 6. The van der Waals surface area contributed by atoms with E-state index in [0.29, 0.717) is 26.2 Å². The summed E-state index contributed by atoms with van der Waals surface area (Å²) in [5.74, 6) is -0.655. The molecule has 1 radical (unpaired) electrons. The van der Waals surface area contributed by atoms with E-state index in [1.165, 1.54) is 6.29 Å². The van der Waals surface area contributed by atoms with Crippen molar-refractivity contribution in [2.24, 2.45) is 0 Å². The third kappa shape index (κ3) is 3.90. The molecule has 1 saturated heterocycles. The fourth-order valence-electron chi connectivity index (χ4n) is 1.66. The number of nitrogens with zero attached hydrogens (tertiary/aromatic N) is 1. The van der Waals surface area contributed by atoms with Gasteiger partial charge in [0, 0.05) is 32.6 Å². The minimum Gasteiger partial charge on any atom is -0.352 e. The zero-order chi connectivity index (χ0) is 12.7. The summed E-state index contributed by atoms with van der Waals surface area (Å²) in [6, 6.07) is 0. The fraction of sp³-hybridized carbons (Fsp3) is 0.727. The smallest absolute Gasteiger partial charge is 0.259 e. The van der Waals surface area contributed by atoms with Crippen molar-refractivity contribution in [3.05, 3.63) is 0 Å². The van der Waals surface area contributed by atoms with Gasteiger partial charge < -0.3 is 15.0 Å². The maximum atomic E-state index is 12.0. The predicted molar refractivity (Wildman–Crippen MR) is 60.2 cm³/mol. The molecular formula is C11H17N2O4. The molecule has 1 fully saturated rings. The molecule has 0 saturated carbocycles. The molecule has 17 heavy (non-hydrogen) atoms. The molecular weight excluding hydrogens is 224 g/mol. The second kappa shape index (κ2) is 7.13. The third-order valence-electron chi connectivity index (χ3n) is 2.60. The molecule has 1 rings (SSSR count). The standard InChI is InChI=1S/C11H17N2O4/c1-2-9(15)10(17-8-7-14)11(16)13-5-3-12-4-6-13/h10,12H,2-6,8H2,1H3. The van der Waals surface area contributed by atoms with Crippen molar-refractivity contribution >= 4 is 18.0 Å². The van der Waals surface area contributed by atoms with E-state index in [1.54, 1.807) is 11.8 Å². The average Bonchev–Trinajstić information content (AvgIpc) is 2.39. The van der Waals surface area contributed by atoms with Crippen LogP contribution in [0.15, 0.2) is 0 Å². The molecule has 1 amide bonds. The van der Waals surface area contributed by atoms with Gasteiger partial charge in [0.2, 0.25) is 6.29 Å². The molecule has 95 valence electrons. The number of carbonyl (C=O) groups excluding carboxylic acids is 3. The average molecular weight is 241 g/mol. The SMILES string of the molecule is CCC(=O)C(OC[C]=O)C(=O)N1CCNCC1. The minimum atomic E-state index is -1.15. The van der Waals surface area contributed by atoms with E-state index in [4.69, 9.17) is 4.74 Å². The Labute approximate surface area is 100 Å². The van der Waals surface area contributed by atoms with Gasteiger partial charge in [0.15, 0.2) is 11.9 Å². The summed E-state index contributed by atoms with van der Waals surface area (Å²) in [7, 11) is 0. The summed E-state index contributed by atoms with van der Waals surface area (Å²) in [6.07, 6.45) is 0.584. The van der Waals surface area contributed by atoms with Crippen molar-refractivity contribution in [1.82, 2.24) is 10.2 Å². The van der Waals surface area contributed by atoms with Crippen molar-refractivity contribution in [2.45, 2.75) is 19.4 Å². The number of ether oxygens (including phenoxy) is 1. The first kappa shape index (κ1) is 13.8. The van der Waals surface area contributed by atoms with Gasteiger partial charge in [0.05, 0.1) is 0 Å². The van der Waals surface area contributed by atoms with Crippen molar-refractivity contribution in [3.8, 4) is 0 Å². The Bertz CT molecular complexity index is 287. The molecule has 0 aromatic carbocycles. The van der Waals surface area contributed by atoms with Gasteiger partial charge in [0.1, 0.15) is 6.61 Å². The van der Waals surface area contributed by atoms with Gasteiger partial charge in [-0.1, -0.05) is 6.92 Å². The van der Waals surface area contributed by atoms with Crippen LogP contribution in [0.25, 0.3) is 0 Å². The molecule has 1 unspecified atom stereocenters. The van der Waals surface area contributed by atoms with Crippen LogP contribution in [0.4, 0.5) is 0 Å². The Kier molecular flexibility index (Phi) is 5.79. The summed E-state index contributed by atoms with van der Waals surface area (Å²) in [5, 5.41) is 3.11. The Morgan fingerprint density at radius 3 is 2.59 bits per heavy atom. The van der Waals surface area contributed by atoms with E-state index in [1.807, 2.05) is 0 Å². The number of hydrogen-bond acceptors (Lipinski definition) is 5. The molecule has 1 atom stereocenters. The molecule has 1 aliphatic heterocycles. The van der Waals surface area contributed by atoms with Crippen LogP contribution in [0.2, 0.25) is 0 Å². The molecule has 0 spiro atoms. The van der Waals surface area contributed by atoms with E-state index in [2.05, 4.69) is 5.32 Å². The van der Waals surface area contributed by atoms with Crippen LogP contribution < -0.4 is 5.32 Å². The highest BCUT2D eigenvalue weighted by molar-refractivity contribution is 6.04. The number of ketones is 1. The van der Waals surface area contributed by atoms with Crippen molar-refractivity contribution < 1.29 is 19.1 Å². The fourth-order valence-corrected chi connectivity index (χ4v) is 1.66. The van der Waals surface area contributed by atoms with Gasteiger partial charge in [-0.2, -0.15) is 0 Å². The van der Waals surface area contributed by atoms with Gasteiger partial charge in [-0.25, -0.2) is 0 Å². The van der Waals surface area contributed by atoms with Gasteiger partial charge in [-0.15, -0.1) is 0 Å². The summed E-state index contributed by atoms with van der Waals surface area (Å²) in [6.45, 7) is 3.83. The van der Waals surface area contributed by atoms with E-state index < -0.39 is 6.10 Å². The van der Waals surface area contributed by atoms with Crippen LogP contribution in [0.1, 0.15) is 13.3 Å². The number of hydrogen-bond donors (Lipinski definition) is 1. The topological polar surface area (TPSA) is 75.7 Å². The summed E-state index contributed by atoms with van der Waals surface area (Å²) in [4.78, 5) is 35.3. The van der Waals surface area contributed by atoms with E-state index >= 15 is 0 Å². The molecule has 0 aromatic rings. The normalized spacial score (nSPS) is 17.6. The molecule has 1 N–H and O–H groups in total. The van der Waals surface area contributed by atoms with E-state index in [0.717, 1.165) is 0 Å². The highest BCUT2D eigenvalue weighted by Gasteiger charge is 2.30. The van der Waals surface area contributed by atoms with Crippen LogP contribution in [-0.2, 0) is 19.1 Å². The Morgan fingerprint density at radius 2 is 2.06 bits per heavy atom. The van der Waals surface area contributed by atoms with Crippen LogP contribution in [0.3, 0.4) is 0 Å². The number of carbonyl (C=O) groups is 2. The van der Waals surface area contributed by atoms with Crippen molar-refractivity contribution in [2.75, 3.05) is 32.8 Å². The summed E-state index contributed by atoms with van der Waals surface area (Å²) < 4.78 is 4.97. The third-order valence-corrected chi connectivity index (χ3v) is 2.60. The largest absolute Gasteiger partial charge is 0.352 e. The molecule has 6 heteroatoms. The molecule has 6 nitrogen and oxygen atoms in total. The lowest BCUT2D eigenvalue weighted by molar-refractivity contribution is -0.150. The highest BCUT2D eigenvalue weighted by Crippen LogP contribution is 2.05. The minimum absolute atomic E-state index is 0.210. The monoisotopic (exact) mass is 241 g/mol. The lowest BCUT2D eigenvalue weighted by Crippen LogP contribution is -2.52. The maximum Gasteiger partial charge on any atom is 0.259 e. The molecule has 0 bridgehead atoms. The molecule has 0 aromatic heterocycles. The Hall–Kier alpha value is -1.27. The van der Waals surface area contributed by atoms with Crippen molar-refractivity contribution in [1.29, 1.82) is 0 Å². The number of piperazine rings is 1.